The van der Waals surface area contributed by atoms with Crippen LogP contribution < -0.4 is 4.90 Å². The van der Waals surface area contributed by atoms with E-state index in [9.17, 15) is 9.59 Å². The molecule has 3 rings (SSSR count). The molecule has 0 bridgehead atoms. The molecule has 22 heavy (non-hydrogen) atoms. The molecule has 0 radical (unpaired) electrons. The lowest BCUT2D eigenvalue weighted by molar-refractivity contribution is -0.113. The second kappa shape index (κ2) is 6.16. The largest absolute Gasteiger partial charge is 0.298 e. The Bertz CT molecular complexity index is 804. The average molecular weight is 350 g/mol. The number of hydrogen-bond acceptors (Lipinski definition) is 3. The summed E-state index contributed by atoms with van der Waals surface area (Å²) in [5, 5.41) is 0.634. The predicted molar refractivity (Wildman–Crippen MR) is 91.4 cm³/mol. The molecule has 3 nitrogen and oxygen atoms in total. The zero-order valence-electron chi connectivity index (χ0n) is 11.1. The third kappa shape index (κ3) is 2.90. The summed E-state index contributed by atoms with van der Waals surface area (Å²) in [5.74, 6) is -0.378. The van der Waals surface area contributed by atoms with Crippen LogP contribution in [0.3, 0.4) is 0 Å². The number of thioether (sulfide) groups is 1. The lowest BCUT2D eigenvalue weighted by Crippen LogP contribution is -2.27. The zero-order valence-corrected chi connectivity index (χ0v) is 13.5. The van der Waals surface area contributed by atoms with E-state index in [1.807, 2.05) is 6.07 Å². The second-order valence-electron chi connectivity index (χ2n) is 4.52. The summed E-state index contributed by atoms with van der Waals surface area (Å²) in [7, 11) is 0. The standard InChI is InChI=1S/C16H9Cl2NO2S/c17-11-5-3-6-12(9-11)19-15(20)14(22-16(19)21)8-10-4-1-2-7-13(10)18/h1-9H/b14-8-. The summed E-state index contributed by atoms with van der Waals surface area (Å²) in [6.07, 6.45) is 1.62. The highest BCUT2D eigenvalue weighted by atomic mass is 35.5. The van der Waals surface area contributed by atoms with Gasteiger partial charge in [0.05, 0.1) is 10.6 Å². The molecule has 6 heteroatoms. The van der Waals surface area contributed by atoms with Gasteiger partial charge in [-0.05, 0) is 47.7 Å². The van der Waals surface area contributed by atoms with E-state index in [1.54, 1.807) is 48.5 Å². The van der Waals surface area contributed by atoms with E-state index in [1.165, 1.54) is 0 Å². The van der Waals surface area contributed by atoms with Gasteiger partial charge in [-0.15, -0.1) is 0 Å². The number of rotatable bonds is 2. The summed E-state index contributed by atoms with van der Waals surface area (Å²) in [6.45, 7) is 0. The molecule has 110 valence electrons. The Morgan fingerprint density at radius 3 is 2.50 bits per heavy atom. The third-order valence-corrected chi connectivity index (χ3v) is 4.50. The summed E-state index contributed by atoms with van der Waals surface area (Å²) in [5.41, 5.74) is 1.15. The zero-order chi connectivity index (χ0) is 15.7. The van der Waals surface area contributed by atoms with Crippen LogP contribution in [0.5, 0.6) is 0 Å². The number of carbonyl (C=O) groups is 2. The highest BCUT2D eigenvalue weighted by molar-refractivity contribution is 8.19. The Morgan fingerprint density at radius 2 is 1.77 bits per heavy atom. The topological polar surface area (TPSA) is 37.4 Å². The van der Waals surface area contributed by atoms with Gasteiger partial charge in [-0.3, -0.25) is 9.59 Å². The molecule has 0 aliphatic carbocycles. The van der Waals surface area contributed by atoms with Crippen LogP contribution in [0.2, 0.25) is 10.0 Å². The minimum absolute atomic E-state index is 0.332. The maximum absolute atomic E-state index is 12.5. The Labute approximate surface area is 141 Å². The quantitative estimate of drug-likeness (QED) is 0.696. The van der Waals surface area contributed by atoms with E-state index in [2.05, 4.69) is 0 Å². The van der Waals surface area contributed by atoms with Gasteiger partial charge < -0.3 is 0 Å². The van der Waals surface area contributed by atoms with Crippen LogP contribution in [0, 0.1) is 0 Å². The lowest BCUT2D eigenvalue weighted by Gasteiger charge is -2.12. The average Bonchev–Trinajstić information content (AvgIpc) is 2.76. The van der Waals surface area contributed by atoms with E-state index < -0.39 is 0 Å². The van der Waals surface area contributed by atoms with Crippen LogP contribution in [0.1, 0.15) is 5.56 Å². The molecule has 1 aliphatic rings. The van der Waals surface area contributed by atoms with Crippen molar-refractivity contribution in [1.82, 2.24) is 0 Å². The number of benzene rings is 2. The summed E-state index contributed by atoms with van der Waals surface area (Å²) in [4.78, 5) is 26.0. The van der Waals surface area contributed by atoms with Crippen molar-refractivity contribution in [2.24, 2.45) is 0 Å². The molecule has 2 aromatic carbocycles. The Balaban J connectivity index is 1.97. The van der Waals surface area contributed by atoms with Crippen molar-refractivity contribution in [2.75, 3.05) is 4.90 Å². The molecule has 1 heterocycles. The van der Waals surface area contributed by atoms with Crippen molar-refractivity contribution >= 4 is 57.9 Å². The molecule has 0 spiro atoms. The molecule has 1 saturated heterocycles. The van der Waals surface area contributed by atoms with Crippen molar-refractivity contribution < 1.29 is 9.59 Å². The maximum Gasteiger partial charge on any atom is 0.298 e. The first-order chi connectivity index (χ1) is 10.6. The first-order valence-electron chi connectivity index (χ1n) is 6.34. The molecule has 1 aliphatic heterocycles. The van der Waals surface area contributed by atoms with Gasteiger partial charge in [-0.1, -0.05) is 47.5 Å². The van der Waals surface area contributed by atoms with Crippen LogP contribution in [0.25, 0.3) is 6.08 Å². The molecule has 2 amide bonds. The Kier molecular flexibility index (Phi) is 4.25. The third-order valence-electron chi connectivity index (χ3n) is 3.05. The van der Waals surface area contributed by atoms with Gasteiger partial charge >= 0.3 is 0 Å². The fourth-order valence-corrected chi connectivity index (χ4v) is 3.25. The van der Waals surface area contributed by atoms with Gasteiger partial charge in [0, 0.05) is 10.0 Å². The molecule has 0 atom stereocenters. The van der Waals surface area contributed by atoms with E-state index in [-0.39, 0.29) is 11.1 Å². The highest BCUT2D eigenvalue weighted by Gasteiger charge is 2.36. The SMILES string of the molecule is O=C1S/C(=C\c2ccccc2Cl)C(=O)N1c1cccc(Cl)c1. The van der Waals surface area contributed by atoms with Crippen LogP contribution in [0.15, 0.2) is 53.4 Å². The monoisotopic (exact) mass is 349 g/mol. The second-order valence-corrected chi connectivity index (χ2v) is 6.36. The number of carbonyl (C=O) groups excluding carboxylic acids is 2. The molecule has 0 unspecified atom stereocenters. The molecular formula is C16H9Cl2NO2S. The summed E-state index contributed by atoms with van der Waals surface area (Å²) < 4.78 is 0. The van der Waals surface area contributed by atoms with Crippen molar-refractivity contribution in [3.05, 3.63) is 69.0 Å². The van der Waals surface area contributed by atoms with Crippen LogP contribution in [-0.2, 0) is 4.79 Å². The van der Waals surface area contributed by atoms with Crippen molar-refractivity contribution in [2.45, 2.75) is 0 Å². The molecule has 2 aromatic rings. The van der Waals surface area contributed by atoms with E-state index >= 15 is 0 Å². The smallest absolute Gasteiger partial charge is 0.268 e. The summed E-state index contributed by atoms with van der Waals surface area (Å²) >= 11 is 12.9. The Morgan fingerprint density at radius 1 is 1.00 bits per heavy atom. The number of imide groups is 1. The van der Waals surface area contributed by atoms with Gasteiger partial charge in [0.15, 0.2) is 0 Å². The van der Waals surface area contributed by atoms with Gasteiger partial charge in [0.1, 0.15) is 0 Å². The normalized spacial score (nSPS) is 16.6. The van der Waals surface area contributed by atoms with E-state index in [0.717, 1.165) is 16.7 Å². The first-order valence-corrected chi connectivity index (χ1v) is 7.91. The molecular weight excluding hydrogens is 341 g/mol. The van der Waals surface area contributed by atoms with Gasteiger partial charge in [0.25, 0.3) is 11.1 Å². The number of amides is 2. The number of anilines is 1. The highest BCUT2D eigenvalue weighted by Crippen LogP contribution is 2.37. The van der Waals surface area contributed by atoms with Crippen molar-refractivity contribution in [3.63, 3.8) is 0 Å². The number of nitrogens with zero attached hydrogens (tertiary/aromatic N) is 1. The van der Waals surface area contributed by atoms with Gasteiger partial charge in [-0.25, -0.2) is 4.90 Å². The molecule has 1 fully saturated rings. The van der Waals surface area contributed by atoms with Crippen LogP contribution in [-0.4, -0.2) is 11.1 Å². The van der Waals surface area contributed by atoms with Crippen LogP contribution >= 0.6 is 35.0 Å². The maximum atomic E-state index is 12.5. The molecule has 0 N–H and O–H groups in total. The van der Waals surface area contributed by atoms with E-state index in [4.69, 9.17) is 23.2 Å². The summed E-state index contributed by atoms with van der Waals surface area (Å²) in [6, 6.07) is 13.8. The van der Waals surface area contributed by atoms with E-state index in [0.29, 0.717) is 26.2 Å². The lowest BCUT2D eigenvalue weighted by atomic mass is 10.2. The minimum Gasteiger partial charge on any atom is -0.268 e. The number of hydrogen-bond donors (Lipinski definition) is 0. The fraction of sp³-hybridized carbons (Fsp3) is 0. The fourth-order valence-electron chi connectivity index (χ4n) is 2.04. The number of halogens is 2. The predicted octanol–water partition coefficient (Wildman–Crippen LogP) is 5.23. The first kappa shape index (κ1) is 15.2. The molecule has 0 saturated carbocycles. The van der Waals surface area contributed by atoms with Gasteiger partial charge in [-0.2, -0.15) is 0 Å². The van der Waals surface area contributed by atoms with Crippen molar-refractivity contribution in [3.8, 4) is 0 Å². The van der Waals surface area contributed by atoms with Gasteiger partial charge in [0.2, 0.25) is 0 Å². The van der Waals surface area contributed by atoms with Crippen LogP contribution in [0.4, 0.5) is 10.5 Å². The minimum atomic E-state index is -0.378. The molecule has 0 aromatic heterocycles. The van der Waals surface area contributed by atoms with Crippen molar-refractivity contribution in [1.29, 1.82) is 0 Å². The Hall–Kier alpha value is -1.75.